The van der Waals surface area contributed by atoms with E-state index < -0.39 is 0 Å². The van der Waals surface area contributed by atoms with Gasteiger partial charge in [0.05, 0.1) is 5.41 Å². The highest BCUT2D eigenvalue weighted by molar-refractivity contribution is 5.89. The van der Waals surface area contributed by atoms with Crippen LogP contribution < -0.4 is 11.1 Å². The van der Waals surface area contributed by atoms with E-state index in [1.807, 2.05) is 0 Å². The fraction of sp³-hybridized carbons (Fsp3) is 0.611. The second-order valence-corrected chi connectivity index (χ2v) is 6.81. The van der Waals surface area contributed by atoms with E-state index in [2.05, 4.69) is 36.5 Å². The highest BCUT2D eigenvalue weighted by Gasteiger charge is 2.44. The number of amides is 1. The fourth-order valence-electron chi connectivity index (χ4n) is 3.74. The zero-order valence-electron chi connectivity index (χ0n) is 13.3. The quantitative estimate of drug-likeness (QED) is 0.875. The smallest absolute Gasteiger partial charge is 0.230 e. The molecule has 1 aromatic rings. The third-order valence-electron chi connectivity index (χ3n) is 5.22. The number of carbonyl (C=O) groups excluding carboxylic acids is 1. The minimum atomic E-state index is -0.325. The van der Waals surface area contributed by atoms with Crippen LogP contribution in [0.2, 0.25) is 0 Å². The number of benzene rings is 1. The Morgan fingerprint density at radius 1 is 1.36 bits per heavy atom. The summed E-state index contributed by atoms with van der Waals surface area (Å²) in [5, 5.41) is 3.27. The molecule has 1 atom stereocenters. The Bertz CT molecular complexity index is 522. The summed E-state index contributed by atoms with van der Waals surface area (Å²) in [5.74, 6) is 0.808. The Labute approximate surface area is 139 Å². The van der Waals surface area contributed by atoms with Gasteiger partial charge in [-0.1, -0.05) is 42.7 Å². The lowest BCUT2D eigenvalue weighted by atomic mass is 9.77. The molecule has 122 valence electrons. The molecular weight excluding hydrogens is 296 g/mol. The molecule has 4 heteroatoms. The molecule has 0 aliphatic heterocycles. The van der Waals surface area contributed by atoms with Crippen molar-refractivity contribution < 1.29 is 4.79 Å². The fourth-order valence-corrected chi connectivity index (χ4v) is 3.74. The Kier molecular flexibility index (Phi) is 5.51. The van der Waals surface area contributed by atoms with Crippen LogP contribution in [0.1, 0.15) is 49.7 Å². The SMILES string of the molecule is Cc1cccc(C2(C(=O)NC(CN)C3CC3)CCCC2)c1.Cl. The Morgan fingerprint density at radius 3 is 2.59 bits per heavy atom. The largest absolute Gasteiger partial charge is 0.351 e. The zero-order chi connectivity index (χ0) is 14.9. The van der Waals surface area contributed by atoms with Crippen LogP contribution in [0.4, 0.5) is 0 Å². The third-order valence-corrected chi connectivity index (χ3v) is 5.22. The first-order valence-corrected chi connectivity index (χ1v) is 8.24. The van der Waals surface area contributed by atoms with Gasteiger partial charge in [-0.3, -0.25) is 4.79 Å². The summed E-state index contributed by atoms with van der Waals surface area (Å²) in [4.78, 5) is 13.0. The van der Waals surface area contributed by atoms with Gasteiger partial charge in [0.15, 0.2) is 0 Å². The third kappa shape index (κ3) is 3.31. The summed E-state index contributed by atoms with van der Waals surface area (Å²) in [6.45, 7) is 2.65. The first kappa shape index (κ1) is 17.3. The molecule has 0 saturated heterocycles. The molecule has 3 nitrogen and oxygen atoms in total. The van der Waals surface area contributed by atoms with Crippen LogP contribution in [0.25, 0.3) is 0 Å². The second kappa shape index (κ2) is 7.01. The van der Waals surface area contributed by atoms with Crippen molar-refractivity contribution in [1.29, 1.82) is 0 Å². The number of halogens is 1. The Hall–Kier alpha value is -1.06. The zero-order valence-corrected chi connectivity index (χ0v) is 14.1. The van der Waals surface area contributed by atoms with Crippen molar-refractivity contribution in [3.05, 3.63) is 35.4 Å². The van der Waals surface area contributed by atoms with Gasteiger partial charge in [-0.05, 0) is 44.1 Å². The lowest BCUT2D eigenvalue weighted by molar-refractivity contribution is -0.127. The molecule has 0 bridgehead atoms. The highest BCUT2D eigenvalue weighted by Crippen LogP contribution is 2.42. The summed E-state index contributed by atoms with van der Waals surface area (Å²) in [6, 6.07) is 8.63. The van der Waals surface area contributed by atoms with Gasteiger partial charge < -0.3 is 11.1 Å². The van der Waals surface area contributed by atoms with Crippen LogP contribution in [-0.2, 0) is 10.2 Å². The molecule has 2 aliphatic rings. The molecular formula is C18H27ClN2O. The van der Waals surface area contributed by atoms with E-state index in [0.29, 0.717) is 12.5 Å². The maximum atomic E-state index is 13.0. The summed E-state index contributed by atoms with van der Waals surface area (Å²) < 4.78 is 0. The molecule has 0 heterocycles. The monoisotopic (exact) mass is 322 g/mol. The number of carbonyl (C=O) groups is 1. The summed E-state index contributed by atoms with van der Waals surface area (Å²) in [6.07, 6.45) is 6.61. The maximum Gasteiger partial charge on any atom is 0.230 e. The number of rotatable bonds is 5. The van der Waals surface area contributed by atoms with Crippen LogP contribution in [-0.4, -0.2) is 18.5 Å². The topological polar surface area (TPSA) is 55.1 Å². The van der Waals surface area contributed by atoms with Crippen LogP contribution in [0.5, 0.6) is 0 Å². The number of aryl methyl sites for hydroxylation is 1. The van der Waals surface area contributed by atoms with E-state index >= 15 is 0 Å². The van der Waals surface area contributed by atoms with Crippen LogP contribution in [0, 0.1) is 12.8 Å². The number of hydrogen-bond donors (Lipinski definition) is 2. The molecule has 2 aliphatic carbocycles. The molecule has 0 aromatic heterocycles. The minimum Gasteiger partial charge on any atom is -0.351 e. The average Bonchev–Trinajstić information content (AvgIpc) is 3.20. The molecule has 22 heavy (non-hydrogen) atoms. The van der Waals surface area contributed by atoms with Gasteiger partial charge in [0, 0.05) is 12.6 Å². The normalized spacial score (nSPS) is 21.0. The summed E-state index contributed by atoms with van der Waals surface area (Å²) >= 11 is 0. The van der Waals surface area contributed by atoms with Crippen molar-refractivity contribution in [1.82, 2.24) is 5.32 Å². The molecule has 1 aromatic carbocycles. The van der Waals surface area contributed by atoms with Crippen LogP contribution in [0.15, 0.2) is 24.3 Å². The van der Waals surface area contributed by atoms with E-state index in [-0.39, 0.29) is 29.8 Å². The number of hydrogen-bond acceptors (Lipinski definition) is 2. The van der Waals surface area contributed by atoms with Gasteiger partial charge in [-0.2, -0.15) is 0 Å². The summed E-state index contributed by atoms with van der Waals surface area (Å²) in [5.41, 5.74) is 7.94. The molecule has 0 spiro atoms. The molecule has 3 N–H and O–H groups in total. The highest BCUT2D eigenvalue weighted by atomic mass is 35.5. The van der Waals surface area contributed by atoms with Gasteiger partial charge in [-0.25, -0.2) is 0 Å². The molecule has 1 unspecified atom stereocenters. The van der Waals surface area contributed by atoms with Gasteiger partial charge in [0.25, 0.3) is 0 Å². The van der Waals surface area contributed by atoms with Crippen molar-refractivity contribution in [3.63, 3.8) is 0 Å². The summed E-state index contributed by atoms with van der Waals surface area (Å²) in [7, 11) is 0. The van der Waals surface area contributed by atoms with Gasteiger partial charge in [0.2, 0.25) is 5.91 Å². The molecule has 2 saturated carbocycles. The van der Waals surface area contributed by atoms with Crippen LogP contribution >= 0.6 is 12.4 Å². The predicted octanol–water partition coefficient (Wildman–Crippen LogP) is 3.08. The number of nitrogens with one attached hydrogen (secondary N) is 1. The maximum absolute atomic E-state index is 13.0. The van der Waals surface area contributed by atoms with E-state index in [1.165, 1.54) is 24.0 Å². The first-order chi connectivity index (χ1) is 10.2. The van der Waals surface area contributed by atoms with E-state index in [1.54, 1.807) is 0 Å². The molecule has 1 amide bonds. The second-order valence-electron chi connectivity index (χ2n) is 6.81. The van der Waals surface area contributed by atoms with Gasteiger partial charge in [-0.15, -0.1) is 12.4 Å². The van der Waals surface area contributed by atoms with Crippen molar-refractivity contribution in [2.24, 2.45) is 11.7 Å². The standard InChI is InChI=1S/C18H26N2O.ClH/c1-13-5-4-6-15(11-13)18(9-2-3-10-18)17(21)20-16(12-19)14-7-8-14;/h4-6,11,14,16H,2-3,7-10,12,19H2,1H3,(H,20,21);1H. The van der Waals surface area contributed by atoms with E-state index in [0.717, 1.165) is 25.7 Å². The van der Waals surface area contributed by atoms with Crippen molar-refractivity contribution in [3.8, 4) is 0 Å². The Balaban J connectivity index is 0.00000176. The lowest BCUT2D eigenvalue weighted by Gasteiger charge is -2.31. The van der Waals surface area contributed by atoms with Crippen molar-refractivity contribution in [2.45, 2.75) is 56.9 Å². The lowest BCUT2D eigenvalue weighted by Crippen LogP contribution is -2.50. The molecule has 0 radical (unpaired) electrons. The Morgan fingerprint density at radius 2 is 2.05 bits per heavy atom. The average molecular weight is 323 g/mol. The molecule has 3 rings (SSSR count). The predicted molar refractivity (Wildman–Crippen MR) is 92.3 cm³/mol. The van der Waals surface area contributed by atoms with Gasteiger partial charge in [0.1, 0.15) is 0 Å². The van der Waals surface area contributed by atoms with Crippen LogP contribution in [0.3, 0.4) is 0 Å². The first-order valence-electron chi connectivity index (χ1n) is 8.24. The van der Waals surface area contributed by atoms with E-state index in [4.69, 9.17) is 5.73 Å². The molecule has 2 fully saturated rings. The number of nitrogens with two attached hydrogens (primary N) is 1. The van der Waals surface area contributed by atoms with Crippen molar-refractivity contribution in [2.75, 3.05) is 6.54 Å². The minimum absolute atomic E-state index is 0. The van der Waals surface area contributed by atoms with Crippen molar-refractivity contribution >= 4 is 18.3 Å². The van der Waals surface area contributed by atoms with Gasteiger partial charge >= 0.3 is 0 Å². The van der Waals surface area contributed by atoms with E-state index in [9.17, 15) is 4.79 Å².